The Morgan fingerprint density at radius 2 is 2.00 bits per heavy atom. The number of ether oxygens (including phenoxy) is 1. The first kappa shape index (κ1) is 24.1. The van der Waals surface area contributed by atoms with E-state index in [0.717, 1.165) is 11.3 Å². The van der Waals surface area contributed by atoms with Gasteiger partial charge in [0, 0.05) is 31.8 Å². The van der Waals surface area contributed by atoms with Gasteiger partial charge in [0.15, 0.2) is 5.78 Å². The van der Waals surface area contributed by atoms with Crippen molar-refractivity contribution in [2.45, 2.75) is 52.3 Å². The summed E-state index contributed by atoms with van der Waals surface area (Å²) in [7, 11) is 0. The Hall–Kier alpha value is -3.56. The summed E-state index contributed by atoms with van der Waals surface area (Å²) in [5, 5.41) is 13.1. The highest BCUT2D eigenvalue weighted by Gasteiger charge is 2.32. The zero-order chi connectivity index (χ0) is 23.8. The van der Waals surface area contributed by atoms with E-state index >= 15 is 0 Å². The minimum Gasteiger partial charge on any atom is -0.445 e. The SMILES string of the molecule is CC(C)C(NC(=O)OCc1ccccc1)C(=O)CC1CCn2nncc2CCNC(=O)C1=O. The Kier molecular flexibility index (Phi) is 8.28. The fourth-order valence-electron chi connectivity index (χ4n) is 3.72. The molecule has 176 valence electrons. The van der Waals surface area contributed by atoms with Crippen LogP contribution < -0.4 is 10.6 Å². The highest BCUT2D eigenvalue weighted by Crippen LogP contribution is 2.18. The van der Waals surface area contributed by atoms with Crippen molar-refractivity contribution in [3.05, 3.63) is 47.8 Å². The van der Waals surface area contributed by atoms with Crippen molar-refractivity contribution in [2.24, 2.45) is 11.8 Å². The fourth-order valence-corrected chi connectivity index (χ4v) is 3.72. The molecule has 1 aromatic carbocycles. The van der Waals surface area contributed by atoms with Gasteiger partial charge >= 0.3 is 6.09 Å². The normalized spacial score (nSPS) is 17.6. The third-order valence-electron chi connectivity index (χ3n) is 5.60. The summed E-state index contributed by atoms with van der Waals surface area (Å²) < 4.78 is 6.91. The average Bonchev–Trinajstić information content (AvgIpc) is 3.25. The Morgan fingerprint density at radius 1 is 1.24 bits per heavy atom. The van der Waals surface area contributed by atoms with Gasteiger partial charge in [-0.15, -0.1) is 5.10 Å². The zero-order valence-corrected chi connectivity index (χ0v) is 18.8. The second-order valence-corrected chi connectivity index (χ2v) is 8.40. The number of Topliss-reactive ketones (excluding diaryl/α,β-unsaturated/α-hetero) is 2. The van der Waals surface area contributed by atoms with Crippen LogP contribution in [0.1, 0.15) is 37.9 Å². The summed E-state index contributed by atoms with van der Waals surface area (Å²) in [4.78, 5) is 50.4. The molecule has 1 aromatic heterocycles. The number of benzene rings is 1. The van der Waals surface area contributed by atoms with E-state index in [1.54, 1.807) is 24.7 Å². The molecule has 1 aliphatic rings. The predicted molar refractivity (Wildman–Crippen MR) is 118 cm³/mol. The quantitative estimate of drug-likeness (QED) is 0.604. The molecule has 0 spiro atoms. The third kappa shape index (κ3) is 6.71. The van der Waals surface area contributed by atoms with Gasteiger partial charge in [-0.05, 0) is 17.9 Å². The molecule has 2 unspecified atom stereocenters. The van der Waals surface area contributed by atoms with E-state index in [2.05, 4.69) is 20.9 Å². The van der Waals surface area contributed by atoms with E-state index in [0.29, 0.717) is 13.0 Å². The first-order valence-electron chi connectivity index (χ1n) is 11.0. The van der Waals surface area contributed by atoms with Crippen LogP contribution >= 0.6 is 0 Å². The van der Waals surface area contributed by atoms with Crippen molar-refractivity contribution in [2.75, 3.05) is 6.54 Å². The van der Waals surface area contributed by atoms with Crippen LogP contribution in [0.25, 0.3) is 0 Å². The molecule has 0 saturated heterocycles. The van der Waals surface area contributed by atoms with E-state index in [1.165, 1.54) is 0 Å². The van der Waals surface area contributed by atoms with E-state index in [9.17, 15) is 19.2 Å². The van der Waals surface area contributed by atoms with Crippen LogP contribution in [0.4, 0.5) is 4.79 Å². The van der Waals surface area contributed by atoms with Crippen LogP contribution in [0.5, 0.6) is 0 Å². The lowest BCUT2D eigenvalue weighted by atomic mass is 9.88. The maximum Gasteiger partial charge on any atom is 0.408 e. The summed E-state index contributed by atoms with van der Waals surface area (Å²) in [6.45, 7) is 4.31. The van der Waals surface area contributed by atoms with Crippen molar-refractivity contribution >= 4 is 23.6 Å². The Labute approximate surface area is 192 Å². The van der Waals surface area contributed by atoms with Gasteiger partial charge in [0.1, 0.15) is 6.61 Å². The van der Waals surface area contributed by atoms with Gasteiger partial charge in [-0.3, -0.25) is 14.4 Å². The predicted octanol–water partition coefficient (Wildman–Crippen LogP) is 1.44. The highest BCUT2D eigenvalue weighted by molar-refractivity contribution is 6.37. The Morgan fingerprint density at radius 3 is 2.73 bits per heavy atom. The number of hydrogen-bond acceptors (Lipinski definition) is 7. The largest absolute Gasteiger partial charge is 0.445 e. The smallest absolute Gasteiger partial charge is 0.408 e. The summed E-state index contributed by atoms with van der Waals surface area (Å²) in [6.07, 6.45) is 1.51. The molecule has 1 aliphatic heterocycles. The molecule has 10 heteroatoms. The van der Waals surface area contributed by atoms with Crippen LogP contribution in [-0.2, 0) is 38.7 Å². The minimum absolute atomic E-state index is 0.0766. The number of amides is 2. The molecule has 10 nitrogen and oxygen atoms in total. The second-order valence-electron chi connectivity index (χ2n) is 8.40. The van der Waals surface area contributed by atoms with E-state index < -0.39 is 29.7 Å². The fraction of sp³-hybridized carbons (Fsp3) is 0.478. The molecule has 3 rings (SSSR count). The van der Waals surface area contributed by atoms with Crippen LogP contribution in [0.3, 0.4) is 0 Å². The molecular formula is C23H29N5O5. The standard InChI is InChI=1S/C23H29N5O5/c1-15(2)20(26-23(32)33-14-16-6-4-3-5-7-16)19(29)12-17-9-11-28-18(13-25-27-28)8-10-24-22(31)21(17)30/h3-7,13,15,17,20H,8-12,14H2,1-2H3,(H,24,31)(H,26,32). The number of fused-ring (bicyclic) bond motifs is 1. The van der Waals surface area contributed by atoms with Crippen LogP contribution in [0.15, 0.2) is 36.5 Å². The molecule has 0 fully saturated rings. The van der Waals surface area contributed by atoms with E-state index in [4.69, 9.17) is 4.74 Å². The number of rotatable bonds is 7. The number of aryl methyl sites for hydroxylation is 1. The van der Waals surface area contributed by atoms with Gasteiger partial charge in [0.2, 0.25) is 5.78 Å². The second kappa shape index (κ2) is 11.3. The Balaban J connectivity index is 1.64. The van der Waals surface area contributed by atoms with E-state index in [1.807, 2.05) is 30.3 Å². The maximum atomic E-state index is 13.1. The van der Waals surface area contributed by atoms with Gasteiger partial charge < -0.3 is 15.4 Å². The number of aromatic nitrogens is 3. The first-order valence-corrected chi connectivity index (χ1v) is 11.0. The summed E-state index contributed by atoms with van der Waals surface area (Å²) in [6, 6.07) is 8.35. The number of nitrogens with zero attached hydrogens (tertiary/aromatic N) is 3. The molecule has 0 radical (unpaired) electrons. The third-order valence-corrected chi connectivity index (χ3v) is 5.60. The number of carbonyl (C=O) groups is 4. The molecule has 0 saturated carbocycles. The number of nitrogens with one attached hydrogen (secondary N) is 2. The van der Waals surface area contributed by atoms with Crippen LogP contribution in [-0.4, -0.2) is 51.1 Å². The van der Waals surface area contributed by atoms with Gasteiger partial charge in [-0.25, -0.2) is 9.48 Å². The van der Waals surface area contributed by atoms with Crippen LogP contribution in [0, 0.1) is 11.8 Å². The molecule has 2 N–H and O–H groups in total. The first-order chi connectivity index (χ1) is 15.8. The number of alkyl carbamates (subject to hydrolysis) is 1. The topological polar surface area (TPSA) is 132 Å². The minimum atomic E-state index is -0.846. The molecule has 2 atom stereocenters. The van der Waals surface area contributed by atoms with Gasteiger partial charge in [-0.1, -0.05) is 49.4 Å². The molecular weight excluding hydrogens is 426 g/mol. The zero-order valence-electron chi connectivity index (χ0n) is 18.8. The molecule has 2 amide bonds. The average molecular weight is 456 g/mol. The lowest BCUT2D eigenvalue weighted by Crippen LogP contribution is -2.46. The van der Waals surface area contributed by atoms with E-state index in [-0.39, 0.29) is 37.7 Å². The number of carbonyl (C=O) groups excluding carboxylic acids is 4. The summed E-state index contributed by atoms with van der Waals surface area (Å²) in [5.74, 6) is -2.72. The lowest BCUT2D eigenvalue weighted by molar-refractivity contribution is -0.141. The molecule has 2 aromatic rings. The van der Waals surface area contributed by atoms with Gasteiger partial charge in [0.05, 0.1) is 17.9 Å². The van der Waals surface area contributed by atoms with Gasteiger partial charge in [-0.2, -0.15) is 0 Å². The summed E-state index contributed by atoms with van der Waals surface area (Å²) in [5.41, 5.74) is 1.67. The van der Waals surface area contributed by atoms with Crippen molar-refractivity contribution in [3.8, 4) is 0 Å². The monoisotopic (exact) mass is 455 g/mol. The van der Waals surface area contributed by atoms with Crippen molar-refractivity contribution in [3.63, 3.8) is 0 Å². The molecule has 0 aliphatic carbocycles. The van der Waals surface area contributed by atoms with Crippen molar-refractivity contribution < 1.29 is 23.9 Å². The lowest BCUT2D eigenvalue weighted by Gasteiger charge is -2.24. The van der Waals surface area contributed by atoms with Crippen molar-refractivity contribution in [1.82, 2.24) is 25.6 Å². The highest BCUT2D eigenvalue weighted by atomic mass is 16.5. The molecule has 2 heterocycles. The van der Waals surface area contributed by atoms with Crippen LogP contribution in [0.2, 0.25) is 0 Å². The Bertz CT molecular complexity index is 988. The molecule has 0 bridgehead atoms. The molecule has 33 heavy (non-hydrogen) atoms. The summed E-state index contributed by atoms with van der Waals surface area (Å²) >= 11 is 0. The van der Waals surface area contributed by atoms with Gasteiger partial charge in [0.25, 0.3) is 5.91 Å². The number of ketones is 2. The van der Waals surface area contributed by atoms with Crippen molar-refractivity contribution in [1.29, 1.82) is 0 Å². The maximum absolute atomic E-state index is 13.1. The number of hydrogen-bond donors (Lipinski definition) is 2.